The van der Waals surface area contributed by atoms with Crippen LogP contribution in [0.25, 0.3) is 0 Å². The zero-order valence-corrected chi connectivity index (χ0v) is 19.3. The van der Waals surface area contributed by atoms with E-state index in [0.29, 0.717) is 23.4 Å². The molecule has 0 radical (unpaired) electrons. The molecule has 0 unspecified atom stereocenters. The quantitative estimate of drug-likeness (QED) is 0.476. The first-order valence-electron chi connectivity index (χ1n) is 11.2. The van der Waals surface area contributed by atoms with Crippen molar-refractivity contribution in [2.24, 2.45) is 0 Å². The van der Waals surface area contributed by atoms with Gasteiger partial charge in [-0.15, -0.1) is 0 Å². The van der Waals surface area contributed by atoms with E-state index in [2.05, 4.69) is 35.4 Å². The highest BCUT2D eigenvalue weighted by atomic mass is 19.1. The molecule has 2 amide bonds. The smallest absolute Gasteiger partial charge is 0.255 e. The van der Waals surface area contributed by atoms with E-state index in [1.807, 2.05) is 25.1 Å². The number of nitrogens with zero attached hydrogens (tertiary/aromatic N) is 1. The second kappa shape index (κ2) is 11.4. The van der Waals surface area contributed by atoms with Crippen LogP contribution in [0.2, 0.25) is 0 Å². The van der Waals surface area contributed by atoms with E-state index >= 15 is 0 Å². The summed E-state index contributed by atoms with van der Waals surface area (Å²) in [5.41, 5.74) is 4.42. The van der Waals surface area contributed by atoms with Crippen LogP contribution in [0.4, 0.5) is 10.1 Å². The number of anilines is 1. The van der Waals surface area contributed by atoms with E-state index < -0.39 is 5.82 Å². The Morgan fingerprint density at radius 2 is 1.55 bits per heavy atom. The molecule has 5 nitrogen and oxygen atoms in total. The fraction of sp³-hybridized carbons (Fsp3) is 0.259. The summed E-state index contributed by atoms with van der Waals surface area (Å²) in [5, 5.41) is 5.78. The van der Waals surface area contributed by atoms with Crippen molar-refractivity contribution in [3.8, 4) is 0 Å². The van der Waals surface area contributed by atoms with Crippen LogP contribution in [0.15, 0.2) is 66.7 Å². The van der Waals surface area contributed by atoms with Crippen molar-refractivity contribution in [1.82, 2.24) is 10.2 Å². The van der Waals surface area contributed by atoms with Crippen molar-refractivity contribution in [2.75, 3.05) is 18.4 Å². The maximum Gasteiger partial charge on any atom is 0.255 e. The van der Waals surface area contributed by atoms with Crippen LogP contribution in [-0.2, 0) is 13.1 Å². The first-order valence-corrected chi connectivity index (χ1v) is 11.2. The van der Waals surface area contributed by atoms with Crippen molar-refractivity contribution in [2.45, 2.75) is 33.9 Å². The van der Waals surface area contributed by atoms with Crippen LogP contribution in [0.5, 0.6) is 0 Å². The number of hydrogen-bond acceptors (Lipinski definition) is 3. The molecule has 0 saturated heterocycles. The highest BCUT2D eigenvalue weighted by Gasteiger charge is 2.13. The number of rotatable bonds is 9. The van der Waals surface area contributed by atoms with Gasteiger partial charge in [0.05, 0.1) is 0 Å². The van der Waals surface area contributed by atoms with Crippen molar-refractivity contribution in [3.05, 3.63) is 100 Å². The number of nitrogens with one attached hydrogen (secondary N) is 2. The summed E-state index contributed by atoms with van der Waals surface area (Å²) < 4.78 is 13.1. The number of aryl methyl sites for hydroxylation is 1. The number of amides is 2. The Balaban J connectivity index is 1.69. The van der Waals surface area contributed by atoms with Gasteiger partial charge in [-0.2, -0.15) is 0 Å². The first kappa shape index (κ1) is 24.1. The van der Waals surface area contributed by atoms with Crippen LogP contribution >= 0.6 is 0 Å². The Morgan fingerprint density at radius 3 is 2.21 bits per heavy atom. The third kappa shape index (κ3) is 6.49. The van der Waals surface area contributed by atoms with Gasteiger partial charge >= 0.3 is 0 Å². The third-order valence-electron chi connectivity index (χ3n) is 5.69. The SMILES string of the molecule is CCN(CC)Cc1ccccc1CNC(=O)c1cc(NC(=O)c2ccc(F)cc2)ccc1C. The second-order valence-corrected chi connectivity index (χ2v) is 7.90. The molecular weight excluding hydrogens is 417 g/mol. The summed E-state index contributed by atoms with van der Waals surface area (Å²) in [4.78, 5) is 27.7. The predicted octanol–water partition coefficient (Wildman–Crippen LogP) is 5.16. The van der Waals surface area contributed by atoms with Crippen LogP contribution in [0.1, 0.15) is 51.3 Å². The zero-order valence-electron chi connectivity index (χ0n) is 19.3. The molecule has 172 valence electrons. The average molecular weight is 448 g/mol. The molecule has 0 spiro atoms. The van der Waals surface area contributed by atoms with Gasteiger partial charge in [0.15, 0.2) is 0 Å². The van der Waals surface area contributed by atoms with Gasteiger partial charge in [-0.3, -0.25) is 14.5 Å². The normalized spacial score (nSPS) is 10.8. The lowest BCUT2D eigenvalue weighted by Gasteiger charge is -2.20. The average Bonchev–Trinajstić information content (AvgIpc) is 2.83. The molecule has 3 aromatic carbocycles. The molecule has 6 heteroatoms. The van der Waals surface area contributed by atoms with Crippen molar-refractivity contribution in [1.29, 1.82) is 0 Å². The summed E-state index contributed by atoms with van der Waals surface area (Å²) in [6.07, 6.45) is 0. The number of benzene rings is 3. The monoisotopic (exact) mass is 447 g/mol. The Bertz CT molecular complexity index is 1110. The fourth-order valence-electron chi connectivity index (χ4n) is 3.59. The summed E-state index contributed by atoms with van der Waals surface area (Å²) in [6.45, 7) is 9.32. The molecule has 0 atom stereocenters. The van der Waals surface area contributed by atoms with E-state index in [-0.39, 0.29) is 11.8 Å². The number of hydrogen-bond donors (Lipinski definition) is 2. The van der Waals surface area contributed by atoms with Gasteiger partial charge in [-0.25, -0.2) is 4.39 Å². The van der Waals surface area contributed by atoms with E-state index in [1.165, 1.54) is 29.8 Å². The van der Waals surface area contributed by atoms with Crippen molar-refractivity contribution in [3.63, 3.8) is 0 Å². The molecule has 0 saturated carbocycles. The van der Waals surface area contributed by atoms with Crippen molar-refractivity contribution >= 4 is 17.5 Å². The molecule has 3 rings (SSSR count). The molecule has 0 fully saturated rings. The van der Waals surface area contributed by atoms with E-state index in [4.69, 9.17) is 0 Å². The minimum absolute atomic E-state index is 0.206. The Kier molecular flexibility index (Phi) is 8.33. The molecule has 3 aromatic rings. The maximum absolute atomic E-state index is 13.1. The molecule has 0 bridgehead atoms. The number of carbonyl (C=O) groups is 2. The summed E-state index contributed by atoms with van der Waals surface area (Å²) in [6, 6.07) is 18.6. The Morgan fingerprint density at radius 1 is 0.879 bits per heavy atom. The molecule has 2 N–H and O–H groups in total. The van der Waals surface area contributed by atoms with Gasteiger partial charge in [0, 0.05) is 29.9 Å². The molecule has 0 aliphatic rings. The Hall–Kier alpha value is -3.51. The number of carbonyl (C=O) groups excluding carboxylic acids is 2. The fourth-order valence-corrected chi connectivity index (χ4v) is 3.59. The highest BCUT2D eigenvalue weighted by molar-refractivity contribution is 6.05. The molecule has 0 heterocycles. The summed E-state index contributed by atoms with van der Waals surface area (Å²) in [7, 11) is 0. The highest BCUT2D eigenvalue weighted by Crippen LogP contribution is 2.18. The van der Waals surface area contributed by atoms with Gasteiger partial charge in [0.25, 0.3) is 11.8 Å². The lowest BCUT2D eigenvalue weighted by molar-refractivity contribution is 0.0948. The van der Waals surface area contributed by atoms with E-state index in [9.17, 15) is 14.0 Å². The second-order valence-electron chi connectivity index (χ2n) is 7.90. The van der Waals surface area contributed by atoms with Crippen LogP contribution in [0, 0.1) is 12.7 Å². The molecule has 33 heavy (non-hydrogen) atoms. The van der Waals surface area contributed by atoms with Crippen LogP contribution in [-0.4, -0.2) is 29.8 Å². The molecular formula is C27H30FN3O2. The molecule has 0 aliphatic carbocycles. The number of halogens is 1. The van der Waals surface area contributed by atoms with Crippen molar-refractivity contribution < 1.29 is 14.0 Å². The van der Waals surface area contributed by atoms with Gasteiger partial charge in [-0.1, -0.05) is 44.2 Å². The Labute approximate surface area is 194 Å². The molecule has 0 aliphatic heterocycles. The lowest BCUT2D eigenvalue weighted by atomic mass is 10.0. The van der Waals surface area contributed by atoms with Gasteiger partial charge < -0.3 is 10.6 Å². The first-order chi connectivity index (χ1) is 15.9. The van der Waals surface area contributed by atoms with Gasteiger partial charge in [0.1, 0.15) is 5.82 Å². The molecule has 0 aromatic heterocycles. The largest absolute Gasteiger partial charge is 0.348 e. The van der Waals surface area contributed by atoms with Crippen LogP contribution < -0.4 is 10.6 Å². The standard InChI is InChI=1S/C27H30FN3O2/c1-4-31(5-2)18-22-9-7-6-8-21(22)17-29-27(33)25-16-24(15-10-19(25)3)30-26(32)20-11-13-23(28)14-12-20/h6-16H,4-5,17-18H2,1-3H3,(H,29,33)(H,30,32). The lowest BCUT2D eigenvalue weighted by Crippen LogP contribution is -2.26. The third-order valence-corrected chi connectivity index (χ3v) is 5.69. The summed E-state index contributed by atoms with van der Waals surface area (Å²) >= 11 is 0. The van der Waals surface area contributed by atoms with E-state index in [0.717, 1.165) is 30.8 Å². The van der Waals surface area contributed by atoms with E-state index in [1.54, 1.807) is 18.2 Å². The minimum Gasteiger partial charge on any atom is -0.348 e. The predicted molar refractivity (Wildman–Crippen MR) is 130 cm³/mol. The topological polar surface area (TPSA) is 61.4 Å². The minimum atomic E-state index is -0.403. The maximum atomic E-state index is 13.1. The summed E-state index contributed by atoms with van der Waals surface area (Å²) in [5.74, 6) is -0.974. The van der Waals surface area contributed by atoms with Gasteiger partial charge in [0.2, 0.25) is 0 Å². The zero-order chi connectivity index (χ0) is 23.8. The van der Waals surface area contributed by atoms with Crippen LogP contribution in [0.3, 0.4) is 0 Å². The van der Waals surface area contributed by atoms with Gasteiger partial charge in [-0.05, 0) is 73.1 Å².